The number of hydrogen-bond acceptors (Lipinski definition) is 3. The molecule has 0 saturated heterocycles. The van der Waals surface area contributed by atoms with Crippen LogP contribution in [-0.4, -0.2) is 29.4 Å². The van der Waals surface area contributed by atoms with E-state index in [-0.39, 0.29) is 12.5 Å². The fourth-order valence-electron chi connectivity index (χ4n) is 3.00. The van der Waals surface area contributed by atoms with Crippen LogP contribution in [0, 0.1) is 13.8 Å². The van der Waals surface area contributed by atoms with Crippen molar-refractivity contribution in [3.8, 4) is 0 Å². The molecule has 1 fully saturated rings. The fourth-order valence-corrected chi connectivity index (χ4v) is 3.00. The van der Waals surface area contributed by atoms with Crippen molar-refractivity contribution in [1.82, 2.24) is 4.90 Å². The van der Waals surface area contributed by atoms with Crippen LogP contribution in [0.15, 0.2) is 23.2 Å². The first-order chi connectivity index (χ1) is 9.65. The lowest BCUT2D eigenvalue weighted by Crippen LogP contribution is -2.43. The first-order valence-electron chi connectivity index (χ1n) is 7.36. The quantitative estimate of drug-likeness (QED) is 0.899. The number of rotatable bonds is 2. The zero-order valence-electron chi connectivity index (χ0n) is 12.1. The molecule has 1 aliphatic carbocycles. The summed E-state index contributed by atoms with van der Waals surface area (Å²) in [4.78, 5) is 18.3. The van der Waals surface area contributed by atoms with Gasteiger partial charge in [-0.05, 0) is 49.9 Å². The Hall–Kier alpha value is -1.84. The molecular formula is C16H21N3O. The van der Waals surface area contributed by atoms with Gasteiger partial charge in [0, 0.05) is 11.7 Å². The maximum absolute atomic E-state index is 12.1. The zero-order valence-corrected chi connectivity index (χ0v) is 12.1. The smallest absolute Gasteiger partial charge is 0.251 e. The van der Waals surface area contributed by atoms with Crippen LogP contribution in [0.25, 0.3) is 0 Å². The van der Waals surface area contributed by atoms with Crippen LogP contribution in [0.5, 0.6) is 0 Å². The Morgan fingerprint density at radius 2 is 1.95 bits per heavy atom. The summed E-state index contributed by atoms with van der Waals surface area (Å²) in [6.07, 6.45) is 4.62. The molecule has 4 nitrogen and oxygen atoms in total. The van der Waals surface area contributed by atoms with Crippen LogP contribution < -0.4 is 5.32 Å². The van der Waals surface area contributed by atoms with Gasteiger partial charge in [-0.1, -0.05) is 18.9 Å². The molecule has 0 aromatic heterocycles. The number of nitrogens with one attached hydrogen (secondary N) is 1. The van der Waals surface area contributed by atoms with Crippen molar-refractivity contribution in [3.05, 3.63) is 29.3 Å². The van der Waals surface area contributed by atoms with E-state index >= 15 is 0 Å². The number of nitrogens with zero attached hydrogens (tertiary/aromatic N) is 2. The number of anilines is 1. The number of aryl methyl sites for hydroxylation is 2. The van der Waals surface area contributed by atoms with Crippen LogP contribution in [0.2, 0.25) is 0 Å². The van der Waals surface area contributed by atoms with Gasteiger partial charge in [-0.3, -0.25) is 9.69 Å². The number of benzene rings is 1. The van der Waals surface area contributed by atoms with Crippen LogP contribution in [0.1, 0.15) is 36.8 Å². The van der Waals surface area contributed by atoms with Crippen LogP contribution in [-0.2, 0) is 4.79 Å². The van der Waals surface area contributed by atoms with Gasteiger partial charge in [0.05, 0.1) is 0 Å². The van der Waals surface area contributed by atoms with E-state index < -0.39 is 0 Å². The van der Waals surface area contributed by atoms with Crippen LogP contribution in [0.3, 0.4) is 0 Å². The molecule has 3 rings (SSSR count). The van der Waals surface area contributed by atoms with Gasteiger partial charge in [-0.25, -0.2) is 4.99 Å². The number of carbonyl (C=O) groups is 1. The minimum Gasteiger partial charge on any atom is -0.326 e. The largest absolute Gasteiger partial charge is 0.326 e. The molecule has 106 valence electrons. The third-order valence-corrected chi connectivity index (χ3v) is 4.31. The summed E-state index contributed by atoms with van der Waals surface area (Å²) in [6, 6.07) is 6.57. The molecule has 1 aromatic carbocycles. The third kappa shape index (κ3) is 2.42. The average Bonchev–Trinajstić information content (AvgIpc) is 3.04. The molecule has 0 unspecified atom stereocenters. The topological polar surface area (TPSA) is 44.7 Å². The van der Waals surface area contributed by atoms with Gasteiger partial charge >= 0.3 is 0 Å². The van der Waals surface area contributed by atoms with E-state index in [1.165, 1.54) is 24.0 Å². The highest BCUT2D eigenvalue weighted by molar-refractivity contribution is 6.09. The van der Waals surface area contributed by atoms with E-state index in [4.69, 9.17) is 0 Å². The van der Waals surface area contributed by atoms with Gasteiger partial charge in [0.1, 0.15) is 6.54 Å². The number of hydrogen-bond donors (Lipinski definition) is 1. The number of guanidine groups is 1. The third-order valence-electron chi connectivity index (χ3n) is 4.31. The van der Waals surface area contributed by atoms with E-state index in [2.05, 4.69) is 36.3 Å². The Bertz CT molecular complexity index is 559. The molecule has 2 aliphatic rings. The van der Waals surface area contributed by atoms with Crippen LogP contribution in [0.4, 0.5) is 5.69 Å². The fraction of sp³-hybridized carbons (Fsp3) is 0.500. The monoisotopic (exact) mass is 271 g/mol. The van der Waals surface area contributed by atoms with Crippen molar-refractivity contribution in [1.29, 1.82) is 0 Å². The molecule has 1 N–H and O–H groups in total. The van der Waals surface area contributed by atoms with Crippen LogP contribution >= 0.6 is 0 Å². The molecule has 1 amide bonds. The predicted molar refractivity (Wildman–Crippen MR) is 80.9 cm³/mol. The Labute approximate surface area is 119 Å². The highest BCUT2D eigenvalue weighted by Crippen LogP contribution is 2.26. The lowest BCUT2D eigenvalue weighted by molar-refractivity contribution is -0.126. The van der Waals surface area contributed by atoms with E-state index in [1.54, 1.807) is 0 Å². The summed E-state index contributed by atoms with van der Waals surface area (Å²) < 4.78 is 0. The highest BCUT2D eigenvalue weighted by Gasteiger charge is 2.33. The molecule has 20 heavy (non-hydrogen) atoms. The molecule has 1 aromatic rings. The van der Waals surface area contributed by atoms with Crippen molar-refractivity contribution in [3.63, 3.8) is 0 Å². The second-order valence-corrected chi connectivity index (χ2v) is 5.77. The van der Waals surface area contributed by atoms with Gasteiger partial charge in [-0.15, -0.1) is 0 Å². The van der Waals surface area contributed by atoms with E-state index in [0.717, 1.165) is 24.5 Å². The molecular weight excluding hydrogens is 250 g/mol. The first-order valence-corrected chi connectivity index (χ1v) is 7.36. The van der Waals surface area contributed by atoms with Gasteiger partial charge < -0.3 is 5.32 Å². The number of aliphatic imine (C=N–C) groups is 1. The standard InChI is InChI=1S/C16H21N3O/c1-11-7-8-13(9-12(11)2)18-16-17-10-15(20)19(16)14-5-3-4-6-14/h7-9,14H,3-6,10H2,1-2H3,(H,17,18). The maximum Gasteiger partial charge on any atom is 0.251 e. The summed E-state index contributed by atoms with van der Waals surface area (Å²) in [5.41, 5.74) is 3.52. The molecule has 0 radical (unpaired) electrons. The Morgan fingerprint density at radius 1 is 1.20 bits per heavy atom. The molecule has 4 heteroatoms. The van der Waals surface area contributed by atoms with Crippen molar-refractivity contribution >= 4 is 17.6 Å². The first kappa shape index (κ1) is 13.2. The second kappa shape index (κ2) is 5.27. The van der Waals surface area contributed by atoms with Gasteiger partial charge in [0.25, 0.3) is 5.91 Å². The maximum atomic E-state index is 12.1. The van der Waals surface area contributed by atoms with Gasteiger partial charge in [0.2, 0.25) is 5.96 Å². The highest BCUT2D eigenvalue weighted by atomic mass is 16.2. The molecule has 1 heterocycles. The molecule has 1 aliphatic heterocycles. The normalized spacial score (nSPS) is 19.6. The summed E-state index contributed by atoms with van der Waals surface area (Å²) in [5.74, 6) is 0.855. The van der Waals surface area contributed by atoms with Crippen molar-refractivity contribution in [2.45, 2.75) is 45.6 Å². The lowest BCUT2D eigenvalue weighted by Gasteiger charge is -2.25. The molecule has 0 bridgehead atoms. The number of carbonyl (C=O) groups excluding carboxylic acids is 1. The SMILES string of the molecule is Cc1ccc(NC2=NCC(=O)N2C2CCCC2)cc1C. The van der Waals surface area contributed by atoms with Crippen molar-refractivity contribution < 1.29 is 4.79 Å². The summed E-state index contributed by atoms with van der Waals surface area (Å²) in [6.45, 7) is 4.47. The molecule has 1 saturated carbocycles. The second-order valence-electron chi connectivity index (χ2n) is 5.77. The minimum absolute atomic E-state index is 0.128. The molecule has 0 spiro atoms. The Balaban J connectivity index is 1.78. The minimum atomic E-state index is 0.128. The van der Waals surface area contributed by atoms with E-state index in [1.807, 2.05) is 11.0 Å². The van der Waals surface area contributed by atoms with Gasteiger partial charge in [-0.2, -0.15) is 0 Å². The zero-order chi connectivity index (χ0) is 14.1. The summed E-state index contributed by atoms with van der Waals surface area (Å²) in [5, 5.41) is 3.32. The van der Waals surface area contributed by atoms with Crippen molar-refractivity contribution in [2.75, 3.05) is 11.9 Å². The Morgan fingerprint density at radius 3 is 2.65 bits per heavy atom. The Kier molecular flexibility index (Phi) is 3.47. The average molecular weight is 271 g/mol. The lowest BCUT2D eigenvalue weighted by atomic mass is 10.1. The van der Waals surface area contributed by atoms with E-state index in [0.29, 0.717) is 6.04 Å². The summed E-state index contributed by atoms with van der Waals surface area (Å²) in [7, 11) is 0. The summed E-state index contributed by atoms with van der Waals surface area (Å²) >= 11 is 0. The predicted octanol–water partition coefficient (Wildman–Crippen LogP) is 2.86. The van der Waals surface area contributed by atoms with E-state index in [9.17, 15) is 4.79 Å². The van der Waals surface area contributed by atoms with Gasteiger partial charge in [0.15, 0.2) is 0 Å². The number of amides is 1. The molecule has 0 atom stereocenters. The van der Waals surface area contributed by atoms with Crippen molar-refractivity contribution in [2.24, 2.45) is 4.99 Å².